The van der Waals surface area contributed by atoms with E-state index in [4.69, 9.17) is 0 Å². The summed E-state index contributed by atoms with van der Waals surface area (Å²) in [5, 5.41) is -1.17. The molecule has 230 valence electrons. The number of hydrogen-bond donors (Lipinski definition) is 0. The van der Waals surface area contributed by atoms with Gasteiger partial charge >= 0.3 is 5.12 Å². The highest BCUT2D eigenvalue weighted by atomic mass is 32.2. The van der Waals surface area contributed by atoms with Gasteiger partial charge in [-0.3, -0.25) is 29.1 Å². The number of carbonyl (C=O) groups excluding carboxylic acids is 4. The highest BCUT2D eigenvalue weighted by molar-refractivity contribution is 8.04. The summed E-state index contributed by atoms with van der Waals surface area (Å²) >= 11 is 0. The van der Waals surface area contributed by atoms with E-state index in [9.17, 15) is 27.6 Å². The molecule has 0 spiro atoms. The molecule has 43 heavy (non-hydrogen) atoms. The molecule has 4 heterocycles. The first kappa shape index (κ1) is 31.0. The van der Waals surface area contributed by atoms with Gasteiger partial charge < -0.3 is 9.80 Å². The molecule has 3 aliphatic heterocycles. The summed E-state index contributed by atoms with van der Waals surface area (Å²) in [7, 11) is -4.52. The Morgan fingerprint density at radius 1 is 0.953 bits per heavy atom. The van der Waals surface area contributed by atoms with Gasteiger partial charge in [0.1, 0.15) is 11.7 Å². The van der Waals surface area contributed by atoms with Crippen LogP contribution in [-0.4, -0.2) is 106 Å². The summed E-state index contributed by atoms with van der Waals surface area (Å²) in [4.78, 5) is 62.7. The Balaban J connectivity index is 1.23. The zero-order valence-corrected chi connectivity index (χ0v) is 25.5. The minimum atomic E-state index is -4.52. The van der Waals surface area contributed by atoms with Crippen molar-refractivity contribution in [2.75, 3.05) is 39.3 Å². The van der Waals surface area contributed by atoms with Crippen LogP contribution in [0.2, 0.25) is 0 Å². The predicted molar refractivity (Wildman–Crippen MR) is 159 cm³/mol. The number of sulfonamides is 1. The number of nitrogens with zero attached hydrogens (tertiary/aromatic N) is 5. The summed E-state index contributed by atoms with van der Waals surface area (Å²) in [6.45, 7) is 7.16. The van der Waals surface area contributed by atoms with Crippen molar-refractivity contribution in [3.63, 3.8) is 0 Å². The maximum atomic E-state index is 13.9. The molecule has 3 aliphatic rings. The van der Waals surface area contributed by atoms with Gasteiger partial charge in [-0.1, -0.05) is 50.2 Å². The number of rotatable bonds is 9. The molecule has 3 unspecified atom stereocenters. The number of aromatic nitrogens is 1. The second-order valence-corrected chi connectivity index (χ2v) is 13.8. The van der Waals surface area contributed by atoms with Crippen LogP contribution >= 0.6 is 0 Å². The topological polar surface area (TPSA) is 128 Å². The number of fused-ring (bicyclic) bond motifs is 1. The van der Waals surface area contributed by atoms with Gasteiger partial charge in [0.15, 0.2) is 5.78 Å². The molecular formula is C31H39N5O6S. The first-order chi connectivity index (χ1) is 20.6. The standard InChI is InChI=1S/C31H39N5O6S/c1-22(2)18-24(19-28(38)34-16-14-33(15-17-34)20-23-8-4-3-5-9-23)30(39)35-13-11-26-29(35)27(37)21-36(26)43(41,42)31(40)25-10-6-7-12-32-25/h3-10,12,22,24,26,29H,11,13-21H2,1-2H3. The molecule has 0 radical (unpaired) electrons. The Kier molecular flexibility index (Phi) is 9.38. The predicted octanol–water partition coefficient (Wildman–Crippen LogP) is 1.80. The van der Waals surface area contributed by atoms with Gasteiger partial charge in [-0.2, -0.15) is 4.31 Å². The highest BCUT2D eigenvalue weighted by Crippen LogP contribution is 2.35. The van der Waals surface area contributed by atoms with Crippen LogP contribution in [0.3, 0.4) is 0 Å². The van der Waals surface area contributed by atoms with Gasteiger partial charge in [-0.05, 0) is 36.5 Å². The van der Waals surface area contributed by atoms with Crippen molar-refractivity contribution in [3.8, 4) is 0 Å². The summed E-state index contributed by atoms with van der Waals surface area (Å²) in [5.41, 5.74) is 1.00. The zero-order chi connectivity index (χ0) is 30.7. The maximum Gasteiger partial charge on any atom is 0.310 e. The lowest BCUT2D eigenvalue weighted by Gasteiger charge is -2.36. The average molecular weight is 610 g/mol. The summed E-state index contributed by atoms with van der Waals surface area (Å²) in [6.07, 6.45) is 2.08. The molecule has 2 amide bonds. The minimum Gasteiger partial charge on any atom is -0.340 e. The second-order valence-electron chi connectivity index (χ2n) is 12.0. The Morgan fingerprint density at radius 2 is 1.65 bits per heavy atom. The summed E-state index contributed by atoms with van der Waals surface area (Å²) in [5.74, 6) is -1.30. The molecule has 3 atom stereocenters. The molecule has 5 rings (SSSR count). The lowest BCUT2D eigenvalue weighted by Crippen LogP contribution is -2.50. The van der Waals surface area contributed by atoms with E-state index in [0.717, 1.165) is 23.9 Å². The van der Waals surface area contributed by atoms with Crippen LogP contribution in [0.25, 0.3) is 0 Å². The quantitative estimate of drug-likeness (QED) is 0.421. The first-order valence-electron chi connectivity index (χ1n) is 14.9. The van der Waals surface area contributed by atoms with Crippen molar-refractivity contribution in [3.05, 3.63) is 66.0 Å². The molecule has 0 aliphatic carbocycles. The molecule has 0 N–H and O–H groups in total. The Hall–Kier alpha value is -3.48. The number of likely N-dealkylation sites (tertiary alicyclic amines) is 1. The van der Waals surface area contributed by atoms with Gasteiger partial charge in [0, 0.05) is 57.8 Å². The van der Waals surface area contributed by atoms with Crippen molar-refractivity contribution >= 4 is 32.7 Å². The molecule has 2 aromatic rings. The lowest BCUT2D eigenvalue weighted by atomic mass is 9.91. The van der Waals surface area contributed by atoms with E-state index in [2.05, 4.69) is 22.0 Å². The number of carbonyl (C=O) groups is 4. The van der Waals surface area contributed by atoms with Gasteiger partial charge in [-0.25, -0.2) is 8.42 Å². The van der Waals surface area contributed by atoms with Crippen molar-refractivity contribution < 1.29 is 27.6 Å². The van der Waals surface area contributed by atoms with Crippen LogP contribution < -0.4 is 0 Å². The van der Waals surface area contributed by atoms with Gasteiger partial charge in [0.25, 0.3) is 10.0 Å². The van der Waals surface area contributed by atoms with Crippen molar-refractivity contribution in [2.45, 2.75) is 51.7 Å². The lowest BCUT2D eigenvalue weighted by molar-refractivity contribution is -0.144. The Morgan fingerprint density at radius 3 is 2.30 bits per heavy atom. The van der Waals surface area contributed by atoms with Crippen LogP contribution in [0.5, 0.6) is 0 Å². The Bertz CT molecular complexity index is 1440. The van der Waals surface area contributed by atoms with Crippen LogP contribution in [0.15, 0.2) is 54.7 Å². The summed E-state index contributed by atoms with van der Waals surface area (Å²) < 4.78 is 27.4. The van der Waals surface area contributed by atoms with Gasteiger partial charge in [-0.15, -0.1) is 0 Å². The zero-order valence-electron chi connectivity index (χ0n) is 24.7. The normalized spacial score (nSPS) is 22.2. The molecule has 0 saturated carbocycles. The molecule has 1 aromatic carbocycles. The van der Waals surface area contributed by atoms with Crippen LogP contribution in [-0.2, 0) is 31.0 Å². The van der Waals surface area contributed by atoms with Gasteiger partial charge in [0.2, 0.25) is 11.8 Å². The molecule has 0 bridgehead atoms. The molecular weight excluding hydrogens is 570 g/mol. The van der Waals surface area contributed by atoms with Crippen molar-refractivity contribution in [1.29, 1.82) is 0 Å². The fraction of sp³-hybridized carbons (Fsp3) is 0.516. The average Bonchev–Trinajstić information content (AvgIpc) is 3.58. The summed E-state index contributed by atoms with van der Waals surface area (Å²) in [6, 6.07) is 12.8. The van der Waals surface area contributed by atoms with Crippen LogP contribution in [0, 0.1) is 11.8 Å². The van der Waals surface area contributed by atoms with Gasteiger partial charge in [0.05, 0.1) is 12.6 Å². The SMILES string of the molecule is CC(C)CC(CC(=O)N1CCN(Cc2ccccc2)CC1)C(=O)N1CCC2C1C(=O)CN2S(=O)(=O)C(=O)c1ccccn1. The van der Waals surface area contributed by atoms with Crippen LogP contribution in [0.4, 0.5) is 0 Å². The number of pyridine rings is 1. The molecule has 11 nitrogen and oxygen atoms in total. The minimum absolute atomic E-state index is 0.0396. The van der Waals surface area contributed by atoms with Crippen LogP contribution in [0.1, 0.15) is 49.2 Å². The van der Waals surface area contributed by atoms with Crippen molar-refractivity contribution in [2.24, 2.45) is 11.8 Å². The van der Waals surface area contributed by atoms with E-state index in [1.165, 1.54) is 28.8 Å². The number of piperazine rings is 1. The van der Waals surface area contributed by atoms with E-state index >= 15 is 0 Å². The molecule has 3 fully saturated rings. The molecule has 1 aromatic heterocycles. The number of benzene rings is 1. The fourth-order valence-corrected chi connectivity index (χ4v) is 7.95. The Labute approximate surface area is 252 Å². The van der Waals surface area contributed by atoms with E-state index in [-0.39, 0.29) is 42.8 Å². The number of ketones is 1. The second kappa shape index (κ2) is 13.0. The van der Waals surface area contributed by atoms with E-state index in [0.29, 0.717) is 19.5 Å². The first-order valence-corrected chi connectivity index (χ1v) is 16.3. The number of Topliss-reactive ketones (excluding diaryl/α,β-unsaturated/α-hetero) is 1. The third-order valence-electron chi connectivity index (χ3n) is 8.58. The largest absolute Gasteiger partial charge is 0.340 e. The maximum absolute atomic E-state index is 13.9. The number of hydrogen-bond acceptors (Lipinski definition) is 8. The smallest absolute Gasteiger partial charge is 0.310 e. The molecule has 12 heteroatoms. The van der Waals surface area contributed by atoms with E-state index < -0.39 is 45.5 Å². The number of amides is 2. The highest BCUT2D eigenvalue weighted by Gasteiger charge is 2.55. The third kappa shape index (κ3) is 6.71. The van der Waals surface area contributed by atoms with E-state index in [1.807, 2.05) is 36.9 Å². The third-order valence-corrected chi connectivity index (χ3v) is 10.3. The fourth-order valence-electron chi connectivity index (χ4n) is 6.47. The van der Waals surface area contributed by atoms with E-state index in [1.54, 1.807) is 6.07 Å². The molecule has 3 saturated heterocycles. The van der Waals surface area contributed by atoms with Crippen molar-refractivity contribution in [1.82, 2.24) is 24.0 Å². The monoisotopic (exact) mass is 609 g/mol.